The van der Waals surface area contributed by atoms with Crippen molar-refractivity contribution >= 4 is 12.0 Å². The molecule has 4 nitrogen and oxygen atoms in total. The van der Waals surface area contributed by atoms with Crippen molar-refractivity contribution in [3.8, 4) is 11.5 Å². The van der Waals surface area contributed by atoms with Crippen LogP contribution in [-0.2, 0) is 4.79 Å². The quantitative estimate of drug-likeness (QED) is 0.760. The molecule has 0 bridgehead atoms. The second-order valence-corrected chi connectivity index (χ2v) is 3.50. The Bertz CT molecular complexity index is 450. The largest absolute Gasteiger partial charge is 0.507 e. The minimum Gasteiger partial charge on any atom is -0.507 e. The van der Waals surface area contributed by atoms with Gasteiger partial charge in [-0.2, -0.15) is 0 Å². The molecule has 1 aromatic rings. The van der Waals surface area contributed by atoms with Crippen LogP contribution in [0, 0.1) is 13.8 Å². The lowest BCUT2D eigenvalue weighted by Crippen LogP contribution is -2.05. The zero-order valence-electron chi connectivity index (χ0n) is 9.57. The number of hydrogen-bond donors (Lipinski definition) is 2. The molecule has 0 aliphatic rings. The number of ether oxygens (including phenoxy) is 1. The summed E-state index contributed by atoms with van der Waals surface area (Å²) in [6, 6.07) is 1.66. The maximum absolute atomic E-state index is 10.6. The van der Waals surface area contributed by atoms with Gasteiger partial charge in [0.05, 0.1) is 7.11 Å². The van der Waals surface area contributed by atoms with Crippen molar-refractivity contribution in [1.29, 1.82) is 0 Å². The first kappa shape index (κ1) is 12.1. The summed E-state index contributed by atoms with van der Waals surface area (Å²) in [5, 5.41) is 9.85. The van der Waals surface area contributed by atoms with Gasteiger partial charge in [0.15, 0.2) is 0 Å². The fraction of sp³-hybridized carbons (Fsp3) is 0.250. The van der Waals surface area contributed by atoms with E-state index in [9.17, 15) is 9.90 Å². The van der Waals surface area contributed by atoms with E-state index >= 15 is 0 Å². The predicted molar refractivity (Wildman–Crippen MR) is 62.4 cm³/mol. The molecule has 1 rings (SSSR count). The van der Waals surface area contributed by atoms with Crippen LogP contribution in [0.3, 0.4) is 0 Å². The topological polar surface area (TPSA) is 72.5 Å². The van der Waals surface area contributed by atoms with E-state index < -0.39 is 5.91 Å². The smallest absolute Gasteiger partial charge is 0.241 e. The highest BCUT2D eigenvalue weighted by Gasteiger charge is 2.10. The normalized spacial score (nSPS) is 10.7. The van der Waals surface area contributed by atoms with Gasteiger partial charge in [-0.15, -0.1) is 0 Å². The van der Waals surface area contributed by atoms with E-state index in [1.807, 2.05) is 6.92 Å². The van der Waals surface area contributed by atoms with Crippen LogP contribution >= 0.6 is 0 Å². The Kier molecular flexibility index (Phi) is 3.55. The molecule has 0 radical (unpaired) electrons. The van der Waals surface area contributed by atoms with Crippen molar-refractivity contribution in [3.63, 3.8) is 0 Å². The second-order valence-electron chi connectivity index (χ2n) is 3.50. The van der Waals surface area contributed by atoms with Gasteiger partial charge in [0.25, 0.3) is 0 Å². The van der Waals surface area contributed by atoms with Gasteiger partial charge in [-0.1, -0.05) is 0 Å². The number of carbonyl (C=O) groups is 1. The maximum Gasteiger partial charge on any atom is 0.241 e. The summed E-state index contributed by atoms with van der Waals surface area (Å²) >= 11 is 0. The number of benzene rings is 1. The zero-order valence-corrected chi connectivity index (χ0v) is 9.57. The number of hydrogen-bond acceptors (Lipinski definition) is 3. The van der Waals surface area contributed by atoms with E-state index in [1.54, 1.807) is 20.1 Å². The summed E-state index contributed by atoms with van der Waals surface area (Å²) in [5.74, 6) is 0.242. The Labute approximate surface area is 94.3 Å². The Balaban J connectivity index is 3.30. The molecule has 16 heavy (non-hydrogen) atoms. The minimum atomic E-state index is -0.559. The summed E-state index contributed by atoms with van der Waals surface area (Å²) in [7, 11) is 1.56. The van der Waals surface area contributed by atoms with E-state index in [2.05, 4.69) is 0 Å². The van der Waals surface area contributed by atoms with Crippen LogP contribution in [0.25, 0.3) is 6.08 Å². The van der Waals surface area contributed by atoms with E-state index in [0.29, 0.717) is 11.3 Å². The molecule has 0 aromatic heterocycles. The van der Waals surface area contributed by atoms with Gasteiger partial charge >= 0.3 is 0 Å². The fourth-order valence-electron chi connectivity index (χ4n) is 1.41. The molecule has 86 valence electrons. The third-order valence-corrected chi connectivity index (χ3v) is 2.49. The third-order valence-electron chi connectivity index (χ3n) is 2.49. The molecule has 0 unspecified atom stereocenters. The highest BCUT2D eigenvalue weighted by atomic mass is 16.5. The van der Waals surface area contributed by atoms with Crippen LogP contribution in [0.15, 0.2) is 12.1 Å². The van der Waals surface area contributed by atoms with Gasteiger partial charge in [-0.25, -0.2) is 0 Å². The highest BCUT2D eigenvalue weighted by molar-refractivity contribution is 5.90. The van der Waals surface area contributed by atoms with Gasteiger partial charge in [0.1, 0.15) is 11.5 Å². The van der Waals surface area contributed by atoms with Crippen molar-refractivity contribution < 1.29 is 14.6 Å². The Morgan fingerprint density at radius 1 is 1.44 bits per heavy atom. The maximum atomic E-state index is 10.6. The van der Waals surface area contributed by atoms with Gasteiger partial charge in [0, 0.05) is 11.6 Å². The van der Waals surface area contributed by atoms with Crippen LogP contribution < -0.4 is 10.5 Å². The molecule has 0 heterocycles. The van der Waals surface area contributed by atoms with Crippen LogP contribution in [0.1, 0.15) is 16.7 Å². The van der Waals surface area contributed by atoms with Crippen molar-refractivity contribution in [2.45, 2.75) is 13.8 Å². The lowest BCUT2D eigenvalue weighted by atomic mass is 10.0. The van der Waals surface area contributed by atoms with Gasteiger partial charge in [0.2, 0.25) is 5.91 Å². The fourth-order valence-corrected chi connectivity index (χ4v) is 1.41. The number of carbonyl (C=O) groups excluding carboxylic acids is 1. The monoisotopic (exact) mass is 221 g/mol. The SMILES string of the molecule is COc1cc(/C=C/C(N)=O)c(O)c(C)c1C. The molecule has 1 amide bonds. The summed E-state index contributed by atoms with van der Waals surface area (Å²) in [6.45, 7) is 3.64. The number of methoxy groups -OCH3 is 1. The third kappa shape index (κ3) is 2.34. The predicted octanol–water partition coefficient (Wildman–Crippen LogP) is 1.52. The number of phenols is 1. The first-order valence-corrected chi connectivity index (χ1v) is 4.82. The molecule has 0 atom stereocenters. The van der Waals surface area contributed by atoms with Crippen LogP contribution in [0.5, 0.6) is 11.5 Å². The Hall–Kier alpha value is -1.97. The average Bonchev–Trinajstić information content (AvgIpc) is 2.25. The molecule has 0 aliphatic carbocycles. The Morgan fingerprint density at radius 3 is 2.56 bits per heavy atom. The van der Waals surface area contributed by atoms with Gasteiger partial charge in [-0.05, 0) is 37.1 Å². The van der Waals surface area contributed by atoms with E-state index in [1.165, 1.54) is 12.2 Å². The van der Waals surface area contributed by atoms with E-state index in [-0.39, 0.29) is 5.75 Å². The molecule has 3 N–H and O–H groups in total. The standard InChI is InChI=1S/C12H15NO3/c1-7-8(2)12(15)9(4-5-11(13)14)6-10(7)16-3/h4-6,15H,1-3H3,(H2,13,14)/b5-4+. The summed E-state index contributed by atoms with van der Waals surface area (Å²) in [5.41, 5.74) is 7.10. The second kappa shape index (κ2) is 4.70. The van der Waals surface area contributed by atoms with Crippen molar-refractivity contribution in [3.05, 3.63) is 28.8 Å². The molecule has 0 aliphatic heterocycles. The number of nitrogens with two attached hydrogens (primary N) is 1. The summed E-state index contributed by atoms with van der Waals surface area (Å²) < 4.78 is 5.17. The van der Waals surface area contributed by atoms with Gasteiger partial charge in [-0.3, -0.25) is 4.79 Å². The molecule has 0 saturated heterocycles. The molecular formula is C12H15NO3. The van der Waals surface area contributed by atoms with Crippen molar-refractivity contribution in [2.24, 2.45) is 5.73 Å². The van der Waals surface area contributed by atoms with Crippen LogP contribution in [0.2, 0.25) is 0 Å². The molecule has 1 aromatic carbocycles. The molecular weight excluding hydrogens is 206 g/mol. The summed E-state index contributed by atoms with van der Waals surface area (Å²) in [4.78, 5) is 10.6. The minimum absolute atomic E-state index is 0.135. The zero-order chi connectivity index (χ0) is 12.3. The Morgan fingerprint density at radius 2 is 2.06 bits per heavy atom. The van der Waals surface area contributed by atoms with E-state index in [0.717, 1.165) is 11.1 Å². The first-order chi connectivity index (χ1) is 7.47. The highest BCUT2D eigenvalue weighted by Crippen LogP contribution is 2.33. The average molecular weight is 221 g/mol. The summed E-state index contributed by atoms with van der Waals surface area (Å²) in [6.07, 6.45) is 2.66. The molecule has 0 spiro atoms. The van der Waals surface area contributed by atoms with Gasteiger partial charge < -0.3 is 15.6 Å². The lowest BCUT2D eigenvalue weighted by Gasteiger charge is -2.11. The number of aromatic hydroxyl groups is 1. The number of amides is 1. The number of rotatable bonds is 3. The van der Waals surface area contributed by atoms with E-state index in [4.69, 9.17) is 10.5 Å². The first-order valence-electron chi connectivity index (χ1n) is 4.82. The number of primary amides is 1. The molecule has 4 heteroatoms. The van der Waals surface area contributed by atoms with Crippen molar-refractivity contribution in [1.82, 2.24) is 0 Å². The van der Waals surface area contributed by atoms with Crippen LogP contribution in [0.4, 0.5) is 0 Å². The molecule has 0 saturated carbocycles. The molecule has 0 fully saturated rings. The number of phenolic OH excluding ortho intramolecular Hbond substituents is 1. The van der Waals surface area contributed by atoms with Crippen LogP contribution in [-0.4, -0.2) is 18.1 Å². The lowest BCUT2D eigenvalue weighted by molar-refractivity contribution is -0.113. The van der Waals surface area contributed by atoms with Crippen molar-refractivity contribution in [2.75, 3.05) is 7.11 Å².